The van der Waals surface area contributed by atoms with Crippen LogP contribution >= 0.6 is 27.3 Å². The molecule has 1 aromatic heterocycles. The Kier molecular flexibility index (Phi) is 6.67. The summed E-state index contributed by atoms with van der Waals surface area (Å²) in [6.07, 6.45) is 1.73. The van der Waals surface area contributed by atoms with Gasteiger partial charge in [-0.25, -0.2) is 4.98 Å². The SMILES string of the molecule is Cc1ccc2nc(N(/N=C/c3ccc(Br)cc3)C(=O)c3ccc(OC(C)C)cc3)sc2c1. The number of carbonyl (C=O) groups is 1. The van der Waals surface area contributed by atoms with E-state index in [1.54, 1.807) is 30.5 Å². The minimum Gasteiger partial charge on any atom is -0.491 e. The molecule has 0 saturated heterocycles. The molecule has 4 aromatic rings. The lowest BCUT2D eigenvalue weighted by Gasteiger charge is -2.15. The van der Waals surface area contributed by atoms with Crippen molar-refractivity contribution in [1.82, 2.24) is 4.98 Å². The first-order chi connectivity index (χ1) is 15.4. The number of rotatable bonds is 6. The van der Waals surface area contributed by atoms with Gasteiger partial charge in [-0.1, -0.05) is 45.5 Å². The van der Waals surface area contributed by atoms with E-state index in [4.69, 9.17) is 4.74 Å². The van der Waals surface area contributed by atoms with Gasteiger partial charge in [-0.2, -0.15) is 10.1 Å². The number of fused-ring (bicyclic) bond motifs is 1. The van der Waals surface area contributed by atoms with Gasteiger partial charge in [0.25, 0.3) is 5.91 Å². The molecule has 0 bridgehead atoms. The van der Waals surface area contributed by atoms with Crippen molar-refractivity contribution < 1.29 is 9.53 Å². The standard InChI is InChI=1S/C25H22BrN3O2S/c1-16(2)31-21-11-7-19(8-12-21)24(30)29(27-15-18-5-9-20(26)10-6-18)25-28-22-13-4-17(3)14-23(22)32-25/h4-16H,1-3H3/b27-15+. The molecule has 5 nitrogen and oxygen atoms in total. The van der Waals surface area contributed by atoms with Gasteiger partial charge in [0.15, 0.2) is 0 Å². The number of hydrogen-bond donors (Lipinski definition) is 0. The quantitative estimate of drug-likeness (QED) is 0.212. The summed E-state index contributed by atoms with van der Waals surface area (Å²) >= 11 is 4.87. The summed E-state index contributed by atoms with van der Waals surface area (Å²) in [7, 11) is 0. The topological polar surface area (TPSA) is 54.8 Å². The van der Waals surface area contributed by atoms with Crippen LogP contribution in [0, 0.1) is 6.92 Å². The number of carbonyl (C=O) groups excluding carboxylic acids is 1. The maximum Gasteiger partial charge on any atom is 0.280 e. The fraction of sp³-hybridized carbons (Fsp3) is 0.160. The number of halogens is 1. The van der Waals surface area contributed by atoms with Gasteiger partial charge in [0.05, 0.1) is 22.5 Å². The third-order valence-electron chi connectivity index (χ3n) is 4.57. The zero-order chi connectivity index (χ0) is 22.7. The molecule has 7 heteroatoms. The normalized spacial score (nSPS) is 11.4. The van der Waals surface area contributed by atoms with Crippen molar-refractivity contribution in [2.24, 2.45) is 5.10 Å². The third kappa shape index (κ3) is 5.23. The van der Waals surface area contributed by atoms with E-state index in [0.717, 1.165) is 31.6 Å². The second-order valence-corrected chi connectivity index (χ2v) is 9.50. The van der Waals surface area contributed by atoms with Crippen LogP contribution in [0.4, 0.5) is 5.13 Å². The highest BCUT2D eigenvalue weighted by molar-refractivity contribution is 9.10. The van der Waals surface area contributed by atoms with Crippen LogP contribution in [-0.4, -0.2) is 23.2 Å². The summed E-state index contributed by atoms with van der Waals surface area (Å²) in [4.78, 5) is 18.1. The van der Waals surface area contributed by atoms with Crippen LogP contribution in [0.2, 0.25) is 0 Å². The van der Waals surface area contributed by atoms with Gasteiger partial charge >= 0.3 is 0 Å². The van der Waals surface area contributed by atoms with Crippen molar-refractivity contribution in [3.05, 3.63) is 87.9 Å². The number of aryl methyl sites for hydroxylation is 1. The highest BCUT2D eigenvalue weighted by Gasteiger charge is 2.21. The van der Waals surface area contributed by atoms with Crippen LogP contribution < -0.4 is 9.75 Å². The van der Waals surface area contributed by atoms with Crippen molar-refractivity contribution in [1.29, 1.82) is 0 Å². The van der Waals surface area contributed by atoms with E-state index in [2.05, 4.69) is 32.1 Å². The fourth-order valence-corrected chi connectivity index (χ4v) is 4.33. The van der Waals surface area contributed by atoms with Gasteiger partial charge in [0.1, 0.15) is 5.75 Å². The molecule has 0 N–H and O–H groups in total. The largest absolute Gasteiger partial charge is 0.491 e. The van der Waals surface area contributed by atoms with Gasteiger partial charge in [0.2, 0.25) is 5.13 Å². The van der Waals surface area contributed by atoms with Gasteiger partial charge < -0.3 is 4.74 Å². The fourth-order valence-electron chi connectivity index (χ4n) is 3.04. The lowest BCUT2D eigenvalue weighted by molar-refractivity contribution is 0.0988. The van der Waals surface area contributed by atoms with E-state index >= 15 is 0 Å². The number of thiazole rings is 1. The summed E-state index contributed by atoms with van der Waals surface area (Å²) < 4.78 is 7.68. The number of nitrogens with zero attached hydrogens (tertiary/aromatic N) is 3. The number of benzene rings is 3. The Labute approximate surface area is 199 Å². The number of aromatic nitrogens is 1. The molecule has 1 heterocycles. The summed E-state index contributed by atoms with van der Waals surface area (Å²) in [6, 6.07) is 20.8. The minimum absolute atomic E-state index is 0.0646. The molecule has 3 aromatic carbocycles. The molecular weight excluding hydrogens is 486 g/mol. The Balaban J connectivity index is 1.70. The lowest BCUT2D eigenvalue weighted by atomic mass is 10.2. The second-order valence-electron chi connectivity index (χ2n) is 7.57. The molecule has 0 fully saturated rings. The monoisotopic (exact) mass is 507 g/mol. The van der Waals surface area contributed by atoms with E-state index < -0.39 is 0 Å². The van der Waals surface area contributed by atoms with E-state index in [1.807, 2.05) is 57.2 Å². The first-order valence-corrected chi connectivity index (χ1v) is 11.8. The van der Waals surface area contributed by atoms with Gasteiger partial charge in [0, 0.05) is 10.0 Å². The van der Waals surface area contributed by atoms with E-state index in [0.29, 0.717) is 10.7 Å². The predicted octanol–water partition coefficient (Wildman–Crippen LogP) is 6.84. The average molecular weight is 508 g/mol. The predicted molar refractivity (Wildman–Crippen MR) is 135 cm³/mol. The van der Waals surface area contributed by atoms with E-state index in [9.17, 15) is 4.79 Å². The number of hydrazone groups is 1. The van der Waals surface area contributed by atoms with Gasteiger partial charge in [-0.3, -0.25) is 4.79 Å². The Morgan fingerprint density at radius 3 is 2.50 bits per heavy atom. The zero-order valence-corrected chi connectivity index (χ0v) is 20.4. The molecule has 0 unspecified atom stereocenters. The minimum atomic E-state index is -0.259. The highest BCUT2D eigenvalue weighted by Crippen LogP contribution is 2.31. The van der Waals surface area contributed by atoms with Crippen LogP contribution in [0.1, 0.15) is 35.3 Å². The molecule has 0 spiro atoms. The van der Waals surface area contributed by atoms with Crippen molar-refractivity contribution in [3.8, 4) is 5.75 Å². The number of ether oxygens (including phenoxy) is 1. The number of amides is 1. The van der Waals surface area contributed by atoms with Crippen LogP contribution in [0.5, 0.6) is 5.75 Å². The van der Waals surface area contributed by atoms with Crippen molar-refractivity contribution in [2.75, 3.05) is 5.01 Å². The van der Waals surface area contributed by atoms with Crippen LogP contribution in [0.3, 0.4) is 0 Å². The third-order valence-corrected chi connectivity index (χ3v) is 6.09. The Hall–Kier alpha value is -3.03. The van der Waals surface area contributed by atoms with Crippen molar-refractivity contribution in [3.63, 3.8) is 0 Å². The second kappa shape index (κ2) is 9.63. The van der Waals surface area contributed by atoms with Crippen LogP contribution in [0.25, 0.3) is 10.2 Å². The average Bonchev–Trinajstić information content (AvgIpc) is 3.18. The Bertz CT molecular complexity index is 1260. The first kappa shape index (κ1) is 22.2. The Morgan fingerprint density at radius 1 is 1.09 bits per heavy atom. The molecule has 4 rings (SSSR count). The molecule has 32 heavy (non-hydrogen) atoms. The van der Waals surface area contributed by atoms with E-state index in [1.165, 1.54) is 16.3 Å². The van der Waals surface area contributed by atoms with E-state index in [-0.39, 0.29) is 12.0 Å². The zero-order valence-electron chi connectivity index (χ0n) is 17.9. The first-order valence-electron chi connectivity index (χ1n) is 10.2. The number of hydrogen-bond acceptors (Lipinski definition) is 5. The molecule has 0 saturated carbocycles. The summed E-state index contributed by atoms with van der Waals surface area (Å²) in [6.45, 7) is 5.97. The Morgan fingerprint density at radius 2 is 1.81 bits per heavy atom. The van der Waals surface area contributed by atoms with Crippen molar-refractivity contribution in [2.45, 2.75) is 26.9 Å². The van der Waals surface area contributed by atoms with Gasteiger partial charge in [-0.15, -0.1) is 0 Å². The lowest BCUT2D eigenvalue weighted by Crippen LogP contribution is -2.25. The summed E-state index contributed by atoms with van der Waals surface area (Å²) in [5, 5.41) is 6.40. The molecular formula is C25H22BrN3O2S. The van der Waals surface area contributed by atoms with Crippen LogP contribution in [0.15, 0.2) is 76.3 Å². The summed E-state index contributed by atoms with van der Waals surface area (Å²) in [5.41, 5.74) is 3.37. The van der Waals surface area contributed by atoms with Crippen LogP contribution in [-0.2, 0) is 0 Å². The smallest absolute Gasteiger partial charge is 0.280 e. The molecule has 162 valence electrons. The molecule has 0 aliphatic heterocycles. The number of anilines is 1. The maximum absolute atomic E-state index is 13.4. The molecule has 0 atom stereocenters. The van der Waals surface area contributed by atoms with Crippen molar-refractivity contribution >= 4 is 54.7 Å². The molecule has 1 amide bonds. The molecule has 0 aliphatic rings. The molecule has 0 radical (unpaired) electrons. The maximum atomic E-state index is 13.4. The van der Waals surface area contributed by atoms with Gasteiger partial charge in [-0.05, 0) is 80.4 Å². The highest BCUT2D eigenvalue weighted by atomic mass is 79.9. The summed E-state index contributed by atoms with van der Waals surface area (Å²) in [5.74, 6) is 0.460. The molecule has 0 aliphatic carbocycles.